The van der Waals surface area contributed by atoms with Gasteiger partial charge in [-0.2, -0.15) is 0 Å². The number of carbonyl (C=O) groups is 1. The first kappa shape index (κ1) is 12.8. The lowest BCUT2D eigenvalue weighted by atomic mass is 9.64. The van der Waals surface area contributed by atoms with Gasteiger partial charge in [-0.05, 0) is 20.3 Å². The lowest BCUT2D eigenvalue weighted by molar-refractivity contribution is -0.136. The minimum atomic E-state index is -0.543. The number of nitrogens with one attached hydrogen (secondary N) is 1. The van der Waals surface area contributed by atoms with Crippen molar-refractivity contribution >= 4 is 17.5 Å². The van der Waals surface area contributed by atoms with E-state index in [1.165, 1.54) is 0 Å². The van der Waals surface area contributed by atoms with E-state index in [4.69, 9.17) is 11.6 Å². The maximum Gasteiger partial charge on any atom is 0.227 e. The summed E-state index contributed by atoms with van der Waals surface area (Å²) in [7, 11) is 0. The summed E-state index contributed by atoms with van der Waals surface area (Å²) in [6.07, 6.45) is 0.318. The van der Waals surface area contributed by atoms with Crippen LogP contribution in [-0.4, -0.2) is 29.0 Å². The fourth-order valence-electron chi connectivity index (χ4n) is 1.56. The van der Waals surface area contributed by atoms with E-state index in [0.29, 0.717) is 12.3 Å². The van der Waals surface area contributed by atoms with Crippen LogP contribution in [0.2, 0.25) is 0 Å². The van der Waals surface area contributed by atoms with Gasteiger partial charge in [-0.1, -0.05) is 13.8 Å². The highest BCUT2D eigenvalue weighted by Gasteiger charge is 2.48. The molecule has 0 saturated heterocycles. The van der Waals surface area contributed by atoms with Crippen LogP contribution in [0, 0.1) is 10.8 Å². The monoisotopic (exact) mass is 233 g/mol. The van der Waals surface area contributed by atoms with E-state index in [1.807, 2.05) is 27.7 Å². The second-order valence-corrected chi connectivity index (χ2v) is 5.88. The molecule has 1 fully saturated rings. The first-order valence-corrected chi connectivity index (χ1v) is 5.80. The Balaban J connectivity index is 2.55. The Morgan fingerprint density at radius 2 is 2.13 bits per heavy atom. The summed E-state index contributed by atoms with van der Waals surface area (Å²) in [5.74, 6) is 0.261. The van der Waals surface area contributed by atoms with Crippen LogP contribution in [0.25, 0.3) is 0 Å². The van der Waals surface area contributed by atoms with Gasteiger partial charge in [-0.3, -0.25) is 4.79 Å². The van der Waals surface area contributed by atoms with Gasteiger partial charge in [-0.25, -0.2) is 0 Å². The largest absolute Gasteiger partial charge is 0.392 e. The van der Waals surface area contributed by atoms with Gasteiger partial charge in [0.2, 0.25) is 5.91 Å². The van der Waals surface area contributed by atoms with Gasteiger partial charge < -0.3 is 10.4 Å². The minimum absolute atomic E-state index is 0.0394. The van der Waals surface area contributed by atoms with Crippen molar-refractivity contribution in [1.82, 2.24) is 5.32 Å². The molecule has 1 amide bonds. The van der Waals surface area contributed by atoms with Crippen molar-refractivity contribution in [3.8, 4) is 0 Å². The average molecular weight is 234 g/mol. The van der Waals surface area contributed by atoms with Crippen molar-refractivity contribution in [2.45, 2.75) is 46.3 Å². The number of aliphatic hydroxyl groups excluding tert-OH is 1. The molecule has 0 aromatic heterocycles. The quantitative estimate of drug-likeness (QED) is 0.727. The van der Waals surface area contributed by atoms with Gasteiger partial charge in [-0.15, -0.1) is 11.6 Å². The minimum Gasteiger partial charge on any atom is -0.392 e. The number of rotatable bonds is 3. The Bertz CT molecular complexity index is 263. The summed E-state index contributed by atoms with van der Waals surface area (Å²) in [5.41, 5.74) is -0.768. The van der Waals surface area contributed by atoms with Crippen molar-refractivity contribution < 1.29 is 9.90 Å². The topological polar surface area (TPSA) is 49.3 Å². The lowest BCUT2D eigenvalue weighted by Gasteiger charge is -2.50. The summed E-state index contributed by atoms with van der Waals surface area (Å²) >= 11 is 5.72. The molecule has 0 spiro atoms. The summed E-state index contributed by atoms with van der Waals surface area (Å²) in [6, 6.07) is 0.0579. The summed E-state index contributed by atoms with van der Waals surface area (Å²) in [5, 5.41) is 12.5. The number of halogens is 1. The highest BCUT2D eigenvalue weighted by molar-refractivity contribution is 6.19. The molecule has 0 radical (unpaired) electrons. The fraction of sp³-hybridized carbons (Fsp3) is 0.909. The van der Waals surface area contributed by atoms with Crippen LogP contribution < -0.4 is 5.32 Å². The highest BCUT2D eigenvalue weighted by Crippen LogP contribution is 2.40. The zero-order chi connectivity index (χ0) is 11.9. The van der Waals surface area contributed by atoms with Crippen LogP contribution in [-0.2, 0) is 4.79 Å². The van der Waals surface area contributed by atoms with Crippen molar-refractivity contribution in [3.63, 3.8) is 0 Å². The molecule has 2 unspecified atom stereocenters. The number of hydrogen-bond donors (Lipinski definition) is 2. The first-order valence-electron chi connectivity index (χ1n) is 5.27. The second-order valence-electron chi connectivity index (χ2n) is 5.62. The van der Waals surface area contributed by atoms with Crippen molar-refractivity contribution in [2.24, 2.45) is 10.8 Å². The molecule has 1 rings (SSSR count). The summed E-state index contributed by atoms with van der Waals surface area (Å²) in [6.45, 7) is 7.55. The van der Waals surface area contributed by atoms with E-state index in [0.717, 1.165) is 0 Å². The Morgan fingerprint density at radius 3 is 2.47 bits per heavy atom. The molecule has 4 heteroatoms. The molecule has 0 aromatic carbocycles. The van der Waals surface area contributed by atoms with Gasteiger partial charge in [0, 0.05) is 17.3 Å². The maximum atomic E-state index is 11.8. The Kier molecular flexibility index (Phi) is 3.36. The molecule has 3 nitrogen and oxygen atoms in total. The van der Waals surface area contributed by atoms with Crippen LogP contribution in [0.3, 0.4) is 0 Å². The van der Waals surface area contributed by atoms with Crippen molar-refractivity contribution in [1.29, 1.82) is 0 Å². The molecule has 2 atom stereocenters. The summed E-state index contributed by atoms with van der Waals surface area (Å²) in [4.78, 5) is 11.8. The van der Waals surface area contributed by atoms with E-state index >= 15 is 0 Å². The third-order valence-corrected chi connectivity index (χ3v) is 4.14. The number of carbonyl (C=O) groups excluding carboxylic acids is 1. The van der Waals surface area contributed by atoms with Crippen LogP contribution in [0.4, 0.5) is 0 Å². The van der Waals surface area contributed by atoms with Crippen molar-refractivity contribution in [3.05, 3.63) is 0 Å². The van der Waals surface area contributed by atoms with E-state index < -0.39 is 5.41 Å². The summed E-state index contributed by atoms with van der Waals surface area (Å²) < 4.78 is 0. The van der Waals surface area contributed by atoms with Crippen LogP contribution in [0.5, 0.6) is 0 Å². The predicted molar refractivity (Wildman–Crippen MR) is 60.8 cm³/mol. The zero-order valence-corrected chi connectivity index (χ0v) is 10.6. The second kappa shape index (κ2) is 3.95. The molecule has 0 bridgehead atoms. The molecule has 0 heterocycles. The van der Waals surface area contributed by atoms with E-state index in [1.54, 1.807) is 0 Å². The molecule has 1 aliphatic carbocycles. The van der Waals surface area contributed by atoms with E-state index in [-0.39, 0.29) is 23.5 Å². The predicted octanol–water partition coefficient (Wildman–Crippen LogP) is 1.53. The zero-order valence-electron chi connectivity index (χ0n) is 9.80. The molecule has 0 aromatic rings. The SMILES string of the molecule is CC(C)(CCl)C(=O)NC1CC(O)C1(C)C. The fourth-order valence-corrected chi connectivity index (χ4v) is 1.68. The lowest BCUT2D eigenvalue weighted by Crippen LogP contribution is -2.62. The average Bonchev–Trinajstić information content (AvgIpc) is 2.17. The van der Waals surface area contributed by atoms with Gasteiger partial charge in [0.15, 0.2) is 0 Å². The number of hydrogen-bond acceptors (Lipinski definition) is 2. The van der Waals surface area contributed by atoms with E-state index in [9.17, 15) is 9.90 Å². The number of amides is 1. The number of aliphatic hydroxyl groups is 1. The van der Waals surface area contributed by atoms with Gasteiger partial charge in [0.05, 0.1) is 11.5 Å². The van der Waals surface area contributed by atoms with Crippen molar-refractivity contribution in [2.75, 3.05) is 5.88 Å². The standard InChI is InChI=1S/C11H20ClNO2/c1-10(2,6-12)9(15)13-7-5-8(14)11(7,3)4/h7-8,14H,5-6H2,1-4H3,(H,13,15). The van der Waals surface area contributed by atoms with Gasteiger partial charge in [0.1, 0.15) is 0 Å². The van der Waals surface area contributed by atoms with Crippen LogP contribution in [0.15, 0.2) is 0 Å². The van der Waals surface area contributed by atoms with E-state index in [2.05, 4.69) is 5.32 Å². The Hall–Kier alpha value is -0.280. The molecule has 15 heavy (non-hydrogen) atoms. The molecule has 2 N–H and O–H groups in total. The third-order valence-electron chi connectivity index (χ3n) is 3.47. The van der Waals surface area contributed by atoms with Gasteiger partial charge in [0.25, 0.3) is 0 Å². The van der Waals surface area contributed by atoms with Crippen LogP contribution in [0.1, 0.15) is 34.1 Å². The third kappa shape index (κ3) is 2.28. The Labute approximate surface area is 96.2 Å². The highest BCUT2D eigenvalue weighted by atomic mass is 35.5. The molecule has 1 saturated carbocycles. The number of alkyl halides is 1. The Morgan fingerprint density at radius 1 is 1.60 bits per heavy atom. The normalized spacial score (nSPS) is 29.5. The molecular weight excluding hydrogens is 214 g/mol. The first-order chi connectivity index (χ1) is 6.71. The smallest absolute Gasteiger partial charge is 0.227 e. The van der Waals surface area contributed by atoms with Crippen LogP contribution >= 0.6 is 11.6 Å². The molecule has 1 aliphatic rings. The molecule has 88 valence electrons. The maximum absolute atomic E-state index is 11.8. The molecular formula is C11H20ClNO2. The van der Waals surface area contributed by atoms with Gasteiger partial charge >= 0.3 is 0 Å². The molecule has 0 aliphatic heterocycles.